The molecule has 0 spiro atoms. The molecule has 16 aromatic rings. The van der Waals surface area contributed by atoms with Gasteiger partial charge in [0.05, 0.1) is 6.20 Å². The van der Waals surface area contributed by atoms with Gasteiger partial charge in [0.25, 0.3) is 0 Å². The standard InChI is InChI=1S/4C18H15P.C11H9NO2.C8H7BrO.3C4H9.C3H2NO.Pd.Sn/c4*1-4-10-16(11-5-1)19(17-12-6-2-7-13-17)18-14-8-3-9-15-18;1-8-9(7-13)3-2-4-10(8)11-12-5-6-14-11;1-6-7(5-10)3-2-4-8(6)9;3*1-3-4-2;1-2-5-3-4-1;;/h4*1-15H;2-7H,1H3;2-5H,1H3;3*1,3-4H2,2H3;1-2H;;. The van der Waals surface area contributed by atoms with E-state index in [1.807, 2.05) is 44.3 Å². The third-order valence-corrected chi connectivity index (χ3v) is 44.8. The van der Waals surface area contributed by atoms with Gasteiger partial charge in [-0.1, -0.05) is 404 Å². The SMILES string of the molecule is CCC[CH2][Sn]([CH2]CCC)([CH2]CCC)[c]1ncco1.Cc1c(Br)cccc1C=O.Cc1c(C=O)cccc1-c1ncco1.[Pd].c1ccc(P(c2ccccc2)c2ccccc2)cc1.c1ccc(P(c2ccccc2)c2ccccc2)cc1.c1ccc(P(c2ccccc2)c2ccccc2)cc1.c1ccc(P(c2ccccc2)c2ccccc2)cc1. The largest absolute Gasteiger partial charge is 0.445 e. The van der Waals surface area contributed by atoms with E-state index in [1.54, 1.807) is 24.6 Å². The van der Waals surface area contributed by atoms with Crippen molar-refractivity contribution in [1.29, 1.82) is 0 Å². The Labute approximate surface area is 738 Å². The minimum absolute atomic E-state index is 0. The molecule has 14 aromatic carbocycles. The van der Waals surface area contributed by atoms with Gasteiger partial charge in [0.15, 0.2) is 0 Å². The van der Waals surface area contributed by atoms with Crippen LogP contribution < -0.4 is 67.6 Å². The predicted octanol–water partition coefficient (Wildman–Crippen LogP) is 23.5. The second-order valence-electron chi connectivity index (χ2n) is 27.8. The van der Waals surface area contributed by atoms with Crippen LogP contribution in [0.25, 0.3) is 11.5 Å². The molecule has 0 saturated heterocycles. The molecule has 16 rings (SSSR count). The van der Waals surface area contributed by atoms with E-state index in [0.29, 0.717) is 11.5 Å². The number of rotatable bonds is 25. The van der Waals surface area contributed by atoms with Crippen molar-refractivity contribution in [2.24, 2.45) is 0 Å². The van der Waals surface area contributed by atoms with Crippen LogP contribution in [0.5, 0.6) is 0 Å². The molecule has 604 valence electrons. The van der Waals surface area contributed by atoms with Gasteiger partial charge in [-0.3, -0.25) is 9.59 Å². The number of carbonyl (C=O) groups is 2. The molecule has 0 bridgehead atoms. The summed E-state index contributed by atoms with van der Waals surface area (Å²) in [5, 5.41) is 16.8. The van der Waals surface area contributed by atoms with Gasteiger partial charge in [0, 0.05) is 41.6 Å². The molecule has 2 aromatic heterocycles. The molecule has 0 saturated carbocycles. The van der Waals surface area contributed by atoms with Crippen LogP contribution in [0.15, 0.2) is 439 Å². The molecule has 6 nitrogen and oxygen atoms in total. The van der Waals surface area contributed by atoms with Crippen molar-refractivity contribution in [1.82, 2.24) is 9.97 Å². The van der Waals surface area contributed by atoms with Crippen LogP contribution >= 0.6 is 47.6 Å². The first-order chi connectivity index (χ1) is 58.2. The van der Waals surface area contributed by atoms with Crippen LogP contribution in [0.4, 0.5) is 0 Å². The van der Waals surface area contributed by atoms with E-state index < -0.39 is 50.1 Å². The van der Waals surface area contributed by atoms with Crippen LogP contribution in [-0.4, -0.2) is 40.9 Å². The number of oxazole rings is 2. The Morgan fingerprint density at radius 1 is 0.294 bits per heavy atom. The average Bonchev–Trinajstić information content (AvgIpc) is 1.80. The second kappa shape index (κ2) is 53.2. The summed E-state index contributed by atoms with van der Waals surface area (Å²) in [4.78, 5) is 29.7. The van der Waals surface area contributed by atoms with Gasteiger partial charge in [-0.2, -0.15) is 0 Å². The van der Waals surface area contributed by atoms with Crippen LogP contribution in [0.2, 0.25) is 13.3 Å². The zero-order valence-electron chi connectivity index (χ0n) is 68.4. The number of halogens is 1. The van der Waals surface area contributed by atoms with Crippen molar-refractivity contribution < 1.29 is 38.8 Å². The van der Waals surface area contributed by atoms with E-state index in [9.17, 15) is 9.59 Å². The van der Waals surface area contributed by atoms with Crippen molar-refractivity contribution >= 4 is 146 Å². The molecule has 0 radical (unpaired) electrons. The molecule has 0 aliphatic carbocycles. The van der Waals surface area contributed by atoms with Crippen molar-refractivity contribution in [2.75, 3.05) is 0 Å². The third kappa shape index (κ3) is 29.1. The first kappa shape index (κ1) is 93.4. The molecule has 2 heterocycles. The van der Waals surface area contributed by atoms with Gasteiger partial charge in [0.2, 0.25) is 5.89 Å². The van der Waals surface area contributed by atoms with E-state index in [4.69, 9.17) is 8.83 Å². The zero-order valence-corrected chi connectivity index (χ0v) is 78.0. The fourth-order valence-corrected chi connectivity index (χ4v) is 37.9. The fourth-order valence-electron chi connectivity index (χ4n) is 13.6. The summed E-state index contributed by atoms with van der Waals surface area (Å²) in [7, 11) is -1.78. The van der Waals surface area contributed by atoms with Crippen LogP contribution in [0.1, 0.15) is 91.1 Å². The number of unbranched alkanes of at least 4 members (excludes halogenated alkanes) is 3. The smallest absolute Gasteiger partial charge is 0.226 e. The molecule has 0 N–H and O–H groups in total. The van der Waals surface area contributed by atoms with Gasteiger partial charge in [0.1, 0.15) is 18.8 Å². The number of nitrogens with zero attached hydrogens (tertiary/aromatic N) is 2. The zero-order chi connectivity index (χ0) is 82.5. The summed E-state index contributed by atoms with van der Waals surface area (Å²) in [5.41, 5.74) is 4.16. The van der Waals surface area contributed by atoms with E-state index in [0.717, 1.165) is 39.3 Å². The van der Waals surface area contributed by atoms with E-state index in [-0.39, 0.29) is 20.4 Å². The van der Waals surface area contributed by atoms with Gasteiger partial charge in [-0.15, -0.1) is 0 Å². The normalized spacial score (nSPS) is 10.5. The first-order valence-electron chi connectivity index (χ1n) is 40.5. The maximum atomic E-state index is 10.7. The first-order valence-corrected chi connectivity index (χ1v) is 54.2. The van der Waals surface area contributed by atoms with Gasteiger partial charge >= 0.3 is 117 Å². The van der Waals surface area contributed by atoms with E-state index in [2.05, 4.69) is 411 Å². The van der Waals surface area contributed by atoms with Crippen LogP contribution in [0, 0.1) is 13.8 Å². The number of aromatic nitrogens is 2. The molecule has 119 heavy (non-hydrogen) atoms. The Bertz CT molecular complexity index is 4490. The minimum Gasteiger partial charge on any atom is -0.445 e. The summed E-state index contributed by atoms with van der Waals surface area (Å²) in [6.45, 7) is 10.7. The summed E-state index contributed by atoms with van der Waals surface area (Å²) in [6, 6.07) is 140. The fraction of sp³-hybridized carbons (Fsp3) is 0.132. The third-order valence-electron chi connectivity index (χ3n) is 19.7. The second-order valence-corrected chi connectivity index (χ2v) is 50.4. The molecule has 0 aliphatic heterocycles. The number of hydrogen-bond acceptors (Lipinski definition) is 6. The quantitative estimate of drug-likeness (QED) is 0.0322. The Morgan fingerprint density at radius 3 is 0.723 bits per heavy atom. The Hall–Kier alpha value is -9.50. The minimum atomic E-state index is -2.31. The van der Waals surface area contributed by atoms with Crippen LogP contribution in [-0.2, 0) is 20.4 Å². The molecule has 0 aliphatic rings. The van der Waals surface area contributed by atoms with Crippen LogP contribution in [0.3, 0.4) is 0 Å². The molecule has 0 amide bonds. The summed E-state index contributed by atoms with van der Waals surface area (Å²) in [5.74, 6) is 0.547. The monoisotopic (exact) mass is 1900 g/mol. The maximum absolute atomic E-state index is 10.7. The van der Waals surface area contributed by atoms with E-state index in [1.165, 1.54) is 126 Å². The summed E-state index contributed by atoms with van der Waals surface area (Å²) in [6.07, 6.45) is 16.4. The summed E-state index contributed by atoms with van der Waals surface area (Å²) < 4.78 is 17.4. The molecular weight excluding hydrogens is 1790 g/mol. The molecule has 0 atom stereocenters. The average molecular weight is 1900 g/mol. The molecular formula is C106H105BrN2O4P4PdSn. The Kier molecular flexibility index (Phi) is 41.8. The topological polar surface area (TPSA) is 86.2 Å². The number of aldehydes is 2. The summed E-state index contributed by atoms with van der Waals surface area (Å²) >= 11 is 1.02. The Morgan fingerprint density at radius 2 is 0.521 bits per heavy atom. The maximum Gasteiger partial charge on any atom is 0.226 e. The van der Waals surface area contributed by atoms with E-state index >= 15 is 0 Å². The van der Waals surface area contributed by atoms with Crippen molar-refractivity contribution in [3.05, 3.63) is 452 Å². The van der Waals surface area contributed by atoms with Gasteiger partial charge in [-0.25, -0.2) is 4.98 Å². The molecule has 0 fully saturated rings. The number of benzene rings is 14. The molecule has 13 heteroatoms. The number of carbonyl (C=O) groups excluding carboxylic acids is 2. The predicted molar refractivity (Wildman–Crippen MR) is 518 cm³/mol. The Balaban J connectivity index is 0.000000159. The van der Waals surface area contributed by atoms with Crippen molar-refractivity contribution in [2.45, 2.75) is 86.5 Å². The van der Waals surface area contributed by atoms with Gasteiger partial charge < -0.3 is 4.42 Å². The van der Waals surface area contributed by atoms with Crippen molar-refractivity contribution in [3.63, 3.8) is 0 Å². The molecule has 0 unspecified atom stereocenters. The number of hydrogen-bond donors (Lipinski definition) is 0. The van der Waals surface area contributed by atoms with Gasteiger partial charge in [-0.05, 0) is 132 Å². The van der Waals surface area contributed by atoms with Crippen molar-refractivity contribution in [3.8, 4) is 11.5 Å².